The molecule has 1 unspecified atom stereocenters. The first kappa shape index (κ1) is 18.1. The van der Waals surface area contributed by atoms with Crippen LogP contribution in [0.25, 0.3) is 0 Å². The molecule has 0 saturated heterocycles. The lowest BCUT2D eigenvalue weighted by Crippen LogP contribution is -2.43. The number of hydrogen-bond donors (Lipinski definition) is 2. The molecule has 1 aromatic carbocycles. The number of rotatable bonds is 6. The first-order chi connectivity index (χ1) is 9.53. The Hall–Kier alpha value is -0.950. The summed E-state index contributed by atoms with van der Waals surface area (Å²) < 4.78 is 37.1. The third-order valence-corrected chi connectivity index (χ3v) is 4.16. The lowest BCUT2D eigenvalue weighted by Gasteiger charge is -2.28. The van der Waals surface area contributed by atoms with Crippen LogP contribution in [0, 0.1) is 0 Å². The van der Waals surface area contributed by atoms with E-state index in [4.69, 9.17) is 11.6 Å². The van der Waals surface area contributed by atoms with Gasteiger partial charge in [0.2, 0.25) is 0 Å². The lowest BCUT2D eigenvalue weighted by molar-refractivity contribution is -0.145. The van der Waals surface area contributed by atoms with Gasteiger partial charge in [0.25, 0.3) is 0 Å². The summed E-state index contributed by atoms with van der Waals surface area (Å²) in [7, 11) is 0. The Morgan fingerprint density at radius 2 is 2.00 bits per heavy atom. The van der Waals surface area contributed by atoms with Gasteiger partial charge in [0.15, 0.2) is 0 Å². The molecular weight excluding hydrogens is 374 g/mol. The monoisotopic (exact) mass is 387 g/mol. The van der Waals surface area contributed by atoms with Crippen LogP contribution in [0.1, 0.15) is 26.2 Å². The molecule has 0 aromatic heterocycles. The fraction of sp³-hybridized carbons (Fsp3) is 0.462. The van der Waals surface area contributed by atoms with Crippen molar-refractivity contribution in [2.75, 3.05) is 5.32 Å². The van der Waals surface area contributed by atoms with Crippen LogP contribution in [0.3, 0.4) is 0 Å². The number of alkyl halides is 3. The van der Waals surface area contributed by atoms with E-state index < -0.39 is 24.1 Å². The maximum atomic E-state index is 12.2. The third-order valence-electron chi connectivity index (χ3n) is 2.95. The second-order valence-corrected chi connectivity index (χ2v) is 6.12. The molecule has 0 aliphatic carbocycles. The number of hydrogen-bond acceptors (Lipinski definition) is 2. The molecule has 0 radical (unpaired) electrons. The van der Waals surface area contributed by atoms with Crippen LogP contribution in [-0.4, -0.2) is 22.8 Å². The molecule has 3 nitrogen and oxygen atoms in total. The average molecular weight is 389 g/mol. The number of aliphatic carboxylic acids is 1. The normalized spacial score (nSPS) is 14.6. The maximum absolute atomic E-state index is 12.2. The molecule has 0 aliphatic rings. The van der Waals surface area contributed by atoms with Gasteiger partial charge in [-0.2, -0.15) is 13.2 Å². The molecule has 1 atom stereocenters. The SMILES string of the molecule is CC(CCCC(F)(F)F)(Nc1ccc(Cl)c(Br)c1)C(=O)O. The van der Waals surface area contributed by atoms with E-state index in [1.54, 1.807) is 18.2 Å². The van der Waals surface area contributed by atoms with Gasteiger partial charge < -0.3 is 10.4 Å². The summed E-state index contributed by atoms with van der Waals surface area (Å²) in [6.07, 6.45) is -5.72. The summed E-state index contributed by atoms with van der Waals surface area (Å²) in [5.74, 6) is -1.21. The maximum Gasteiger partial charge on any atom is 0.389 e. The summed E-state index contributed by atoms with van der Waals surface area (Å²) in [4.78, 5) is 11.4. The zero-order chi connectivity index (χ0) is 16.3. The quantitative estimate of drug-likeness (QED) is 0.713. The van der Waals surface area contributed by atoms with Gasteiger partial charge in [0.1, 0.15) is 5.54 Å². The Labute approximate surface area is 133 Å². The van der Waals surface area contributed by atoms with E-state index in [2.05, 4.69) is 21.2 Å². The highest BCUT2D eigenvalue weighted by molar-refractivity contribution is 9.10. The van der Waals surface area contributed by atoms with Crippen LogP contribution in [0.4, 0.5) is 18.9 Å². The van der Waals surface area contributed by atoms with Crippen LogP contribution in [0.15, 0.2) is 22.7 Å². The largest absolute Gasteiger partial charge is 0.480 e. The Kier molecular flexibility index (Phi) is 5.92. The fourth-order valence-electron chi connectivity index (χ4n) is 1.76. The standard InChI is InChI=1S/C13H14BrClF3NO2/c1-12(11(20)21,5-2-6-13(16,17)18)19-8-3-4-10(15)9(14)7-8/h3-4,7,19H,2,5-6H2,1H3,(H,20,21). The van der Waals surface area contributed by atoms with Gasteiger partial charge in [-0.05, 0) is 53.9 Å². The van der Waals surface area contributed by atoms with Crippen LogP contribution >= 0.6 is 27.5 Å². The van der Waals surface area contributed by atoms with Gasteiger partial charge in [0.05, 0.1) is 5.02 Å². The van der Waals surface area contributed by atoms with Gasteiger partial charge in [-0.1, -0.05) is 11.6 Å². The van der Waals surface area contributed by atoms with Crippen molar-refractivity contribution in [1.82, 2.24) is 0 Å². The number of nitrogens with one attached hydrogen (secondary N) is 1. The number of carbonyl (C=O) groups is 1. The van der Waals surface area contributed by atoms with Crippen molar-refractivity contribution < 1.29 is 23.1 Å². The summed E-state index contributed by atoms with van der Waals surface area (Å²) in [5, 5.41) is 12.5. The second-order valence-electron chi connectivity index (χ2n) is 4.86. The molecule has 0 amide bonds. The minimum Gasteiger partial charge on any atom is -0.480 e. The molecule has 0 fully saturated rings. The predicted octanol–water partition coefficient (Wildman–Crippen LogP) is 5.09. The van der Waals surface area contributed by atoms with E-state index in [-0.39, 0.29) is 12.8 Å². The Morgan fingerprint density at radius 3 is 2.48 bits per heavy atom. The van der Waals surface area contributed by atoms with Crippen LogP contribution in [-0.2, 0) is 4.79 Å². The summed E-state index contributed by atoms with van der Waals surface area (Å²) in [6, 6.07) is 4.71. The highest BCUT2D eigenvalue weighted by atomic mass is 79.9. The number of carboxylic acids is 1. The van der Waals surface area contributed by atoms with Crippen molar-refractivity contribution in [2.45, 2.75) is 37.9 Å². The number of benzene rings is 1. The van der Waals surface area contributed by atoms with Gasteiger partial charge in [-0.3, -0.25) is 0 Å². The van der Waals surface area contributed by atoms with E-state index in [1.165, 1.54) is 6.92 Å². The first-order valence-corrected chi connectivity index (χ1v) is 7.24. The molecular formula is C13H14BrClF3NO2. The Balaban J connectivity index is 2.80. The fourth-order valence-corrected chi connectivity index (χ4v) is 2.25. The van der Waals surface area contributed by atoms with Gasteiger partial charge >= 0.3 is 12.1 Å². The van der Waals surface area contributed by atoms with Gasteiger partial charge in [0, 0.05) is 16.6 Å². The molecule has 0 spiro atoms. The van der Waals surface area contributed by atoms with E-state index in [9.17, 15) is 23.1 Å². The summed E-state index contributed by atoms with van der Waals surface area (Å²) in [6.45, 7) is 1.36. The van der Waals surface area contributed by atoms with Crippen molar-refractivity contribution in [3.8, 4) is 0 Å². The van der Waals surface area contributed by atoms with Crippen LogP contribution in [0.5, 0.6) is 0 Å². The van der Waals surface area contributed by atoms with Gasteiger partial charge in [-0.15, -0.1) is 0 Å². The summed E-state index contributed by atoms with van der Waals surface area (Å²) >= 11 is 9.03. The highest BCUT2D eigenvalue weighted by Crippen LogP contribution is 2.30. The third kappa shape index (κ3) is 5.74. The molecule has 118 valence electrons. The molecule has 1 aromatic rings. The molecule has 21 heavy (non-hydrogen) atoms. The lowest BCUT2D eigenvalue weighted by atomic mass is 9.94. The molecule has 0 aliphatic heterocycles. The molecule has 0 heterocycles. The topological polar surface area (TPSA) is 49.3 Å². The van der Waals surface area contributed by atoms with E-state index in [0.29, 0.717) is 15.2 Å². The summed E-state index contributed by atoms with van der Waals surface area (Å²) in [5.41, 5.74) is -1.03. The molecule has 8 heteroatoms. The van der Waals surface area contributed by atoms with Crippen molar-refractivity contribution >= 4 is 39.2 Å². The Morgan fingerprint density at radius 1 is 1.38 bits per heavy atom. The first-order valence-electron chi connectivity index (χ1n) is 6.07. The number of halogens is 5. The number of anilines is 1. The van der Waals surface area contributed by atoms with E-state index >= 15 is 0 Å². The Bertz CT molecular complexity index is 525. The van der Waals surface area contributed by atoms with Crippen molar-refractivity contribution in [1.29, 1.82) is 0 Å². The minimum atomic E-state index is -4.29. The minimum absolute atomic E-state index is 0.151. The smallest absolute Gasteiger partial charge is 0.389 e. The number of carboxylic acid groups (broad SMARTS) is 1. The average Bonchev–Trinajstić information content (AvgIpc) is 2.32. The highest BCUT2D eigenvalue weighted by Gasteiger charge is 2.35. The van der Waals surface area contributed by atoms with Gasteiger partial charge in [-0.25, -0.2) is 4.79 Å². The molecule has 2 N–H and O–H groups in total. The molecule has 1 rings (SSSR count). The van der Waals surface area contributed by atoms with E-state index in [0.717, 1.165) is 0 Å². The second kappa shape index (κ2) is 6.87. The predicted molar refractivity (Wildman–Crippen MR) is 78.7 cm³/mol. The van der Waals surface area contributed by atoms with Crippen molar-refractivity contribution in [3.63, 3.8) is 0 Å². The zero-order valence-corrected chi connectivity index (χ0v) is 13.4. The zero-order valence-electron chi connectivity index (χ0n) is 11.1. The van der Waals surface area contributed by atoms with E-state index in [1.807, 2.05) is 0 Å². The van der Waals surface area contributed by atoms with Crippen molar-refractivity contribution in [2.24, 2.45) is 0 Å². The molecule has 0 saturated carbocycles. The van der Waals surface area contributed by atoms with Crippen LogP contribution in [0.2, 0.25) is 5.02 Å². The molecule has 0 bridgehead atoms. The van der Waals surface area contributed by atoms with Crippen molar-refractivity contribution in [3.05, 3.63) is 27.7 Å². The van der Waals surface area contributed by atoms with Crippen LogP contribution < -0.4 is 5.32 Å².